The molecule has 2 nitrogen and oxygen atoms in total. The molecule has 0 spiro atoms. The van der Waals surface area contributed by atoms with Gasteiger partial charge >= 0.3 is 0 Å². The second-order valence-electron chi connectivity index (χ2n) is 5.30. The molecular formula is C16H18ClNO. The van der Waals surface area contributed by atoms with Gasteiger partial charge in [0.15, 0.2) is 0 Å². The number of aromatic nitrogens is 1. The number of rotatable bonds is 4. The van der Waals surface area contributed by atoms with Gasteiger partial charge in [0, 0.05) is 17.6 Å². The smallest absolute Gasteiger partial charge is 0.135 e. The van der Waals surface area contributed by atoms with Gasteiger partial charge in [0.1, 0.15) is 5.15 Å². The summed E-state index contributed by atoms with van der Waals surface area (Å²) in [6, 6.07) is 10.1. The van der Waals surface area contributed by atoms with E-state index >= 15 is 0 Å². The van der Waals surface area contributed by atoms with E-state index in [-0.39, 0.29) is 0 Å². The van der Waals surface area contributed by atoms with Gasteiger partial charge < -0.3 is 4.74 Å². The molecule has 1 fully saturated rings. The minimum atomic E-state index is 0.560. The maximum atomic E-state index is 6.21. The first-order valence-electron chi connectivity index (χ1n) is 6.95. The van der Waals surface area contributed by atoms with Gasteiger partial charge in [-0.15, -0.1) is 0 Å². The monoisotopic (exact) mass is 275 g/mol. The Bertz CT molecular complexity index is 564. The molecule has 1 aliphatic rings. The van der Waals surface area contributed by atoms with E-state index in [1.54, 1.807) is 0 Å². The van der Waals surface area contributed by atoms with Crippen LogP contribution in [0, 0.1) is 5.92 Å². The molecule has 1 saturated carbocycles. The average molecular weight is 276 g/mol. The number of para-hydroxylation sites is 1. The molecule has 1 aromatic heterocycles. The quantitative estimate of drug-likeness (QED) is 0.761. The maximum Gasteiger partial charge on any atom is 0.135 e. The van der Waals surface area contributed by atoms with E-state index in [0.717, 1.165) is 29.0 Å². The van der Waals surface area contributed by atoms with Gasteiger partial charge in [-0.1, -0.05) is 42.6 Å². The summed E-state index contributed by atoms with van der Waals surface area (Å²) in [5.74, 6) is 0.743. The largest absolute Gasteiger partial charge is 0.376 e. The summed E-state index contributed by atoms with van der Waals surface area (Å²) < 4.78 is 5.81. The third-order valence-electron chi connectivity index (χ3n) is 3.84. The van der Waals surface area contributed by atoms with Crippen LogP contribution in [-0.4, -0.2) is 11.6 Å². The zero-order valence-electron chi connectivity index (χ0n) is 10.9. The lowest BCUT2D eigenvalue weighted by Crippen LogP contribution is -2.06. The topological polar surface area (TPSA) is 22.1 Å². The number of hydrogen-bond acceptors (Lipinski definition) is 2. The molecular weight excluding hydrogens is 258 g/mol. The highest BCUT2D eigenvalue weighted by molar-refractivity contribution is 6.30. The van der Waals surface area contributed by atoms with E-state index in [1.165, 1.54) is 25.7 Å². The molecule has 0 atom stereocenters. The molecule has 0 amide bonds. The van der Waals surface area contributed by atoms with Crippen LogP contribution >= 0.6 is 11.6 Å². The van der Waals surface area contributed by atoms with Crippen molar-refractivity contribution in [1.29, 1.82) is 0 Å². The van der Waals surface area contributed by atoms with Crippen LogP contribution in [0.3, 0.4) is 0 Å². The average Bonchev–Trinajstić information content (AvgIpc) is 2.92. The second-order valence-corrected chi connectivity index (χ2v) is 5.65. The van der Waals surface area contributed by atoms with Crippen LogP contribution in [-0.2, 0) is 11.3 Å². The Kier molecular flexibility index (Phi) is 4.00. The highest BCUT2D eigenvalue weighted by atomic mass is 35.5. The number of ether oxygens (including phenoxy) is 1. The standard InChI is InChI=1S/C16H18ClNO/c17-16-14(11-19-10-12-5-1-2-6-12)9-13-7-3-4-8-15(13)18-16/h3-4,7-9,12H,1-2,5-6,10-11H2. The van der Waals surface area contributed by atoms with Crippen molar-refractivity contribution in [1.82, 2.24) is 4.98 Å². The van der Waals surface area contributed by atoms with Crippen LogP contribution in [0.5, 0.6) is 0 Å². The van der Waals surface area contributed by atoms with Crippen molar-refractivity contribution in [3.05, 3.63) is 41.0 Å². The first kappa shape index (κ1) is 12.9. The highest BCUT2D eigenvalue weighted by Gasteiger charge is 2.15. The fourth-order valence-electron chi connectivity index (χ4n) is 2.75. The van der Waals surface area contributed by atoms with Crippen molar-refractivity contribution in [2.45, 2.75) is 32.3 Å². The predicted molar refractivity (Wildman–Crippen MR) is 78.4 cm³/mol. The van der Waals surface area contributed by atoms with E-state index < -0.39 is 0 Å². The predicted octanol–water partition coefficient (Wildman–Crippen LogP) is 4.60. The van der Waals surface area contributed by atoms with Crippen molar-refractivity contribution in [3.63, 3.8) is 0 Å². The van der Waals surface area contributed by atoms with Crippen molar-refractivity contribution in [2.75, 3.05) is 6.61 Å². The fraction of sp³-hybridized carbons (Fsp3) is 0.438. The zero-order chi connectivity index (χ0) is 13.1. The van der Waals surface area contributed by atoms with Crippen molar-refractivity contribution in [2.24, 2.45) is 5.92 Å². The Morgan fingerprint density at radius 2 is 2.00 bits per heavy atom. The SMILES string of the molecule is Clc1nc2ccccc2cc1COCC1CCCC1. The second kappa shape index (κ2) is 5.89. The summed E-state index contributed by atoms with van der Waals surface area (Å²) >= 11 is 6.21. The molecule has 2 aromatic rings. The first-order valence-corrected chi connectivity index (χ1v) is 7.32. The fourth-order valence-corrected chi connectivity index (χ4v) is 2.95. The van der Waals surface area contributed by atoms with Gasteiger partial charge in [-0.05, 0) is 30.9 Å². The summed E-state index contributed by atoms with van der Waals surface area (Å²) in [7, 11) is 0. The van der Waals surface area contributed by atoms with Crippen molar-refractivity contribution >= 4 is 22.5 Å². The summed E-state index contributed by atoms with van der Waals surface area (Å²) in [4.78, 5) is 4.41. The van der Waals surface area contributed by atoms with E-state index in [0.29, 0.717) is 11.8 Å². The van der Waals surface area contributed by atoms with Crippen LogP contribution in [0.15, 0.2) is 30.3 Å². The number of hydrogen-bond donors (Lipinski definition) is 0. The van der Waals surface area contributed by atoms with Crippen LogP contribution in [0.1, 0.15) is 31.2 Å². The molecule has 0 unspecified atom stereocenters. The molecule has 3 heteroatoms. The third-order valence-corrected chi connectivity index (χ3v) is 4.16. The van der Waals surface area contributed by atoms with Crippen LogP contribution in [0.25, 0.3) is 10.9 Å². The number of fused-ring (bicyclic) bond motifs is 1. The molecule has 19 heavy (non-hydrogen) atoms. The Morgan fingerprint density at radius 3 is 2.84 bits per heavy atom. The Balaban J connectivity index is 1.67. The number of benzene rings is 1. The number of pyridine rings is 1. The summed E-state index contributed by atoms with van der Waals surface area (Å²) in [5, 5.41) is 1.68. The molecule has 0 aliphatic heterocycles. The minimum Gasteiger partial charge on any atom is -0.376 e. The molecule has 100 valence electrons. The molecule has 0 saturated heterocycles. The Labute approximate surface area is 118 Å². The van der Waals surface area contributed by atoms with Crippen LogP contribution in [0.2, 0.25) is 5.15 Å². The molecule has 1 heterocycles. The van der Waals surface area contributed by atoms with Gasteiger partial charge in [-0.25, -0.2) is 4.98 Å². The summed E-state index contributed by atoms with van der Waals surface area (Å²) in [6.07, 6.45) is 5.33. The Morgan fingerprint density at radius 1 is 1.21 bits per heavy atom. The van der Waals surface area contributed by atoms with Gasteiger partial charge in [-0.3, -0.25) is 0 Å². The number of nitrogens with zero attached hydrogens (tertiary/aromatic N) is 1. The van der Waals surface area contributed by atoms with Gasteiger partial charge in [-0.2, -0.15) is 0 Å². The Hall–Kier alpha value is -1.12. The maximum absolute atomic E-state index is 6.21. The molecule has 0 radical (unpaired) electrons. The van der Waals surface area contributed by atoms with E-state index in [4.69, 9.17) is 16.3 Å². The lowest BCUT2D eigenvalue weighted by Gasteiger charge is -2.11. The van der Waals surface area contributed by atoms with E-state index in [9.17, 15) is 0 Å². The first-order chi connectivity index (χ1) is 9.33. The molecule has 0 bridgehead atoms. The minimum absolute atomic E-state index is 0.560. The normalized spacial score (nSPS) is 16.3. The summed E-state index contributed by atoms with van der Waals surface area (Å²) in [5.41, 5.74) is 1.92. The molecule has 3 rings (SSSR count). The van der Waals surface area contributed by atoms with Gasteiger partial charge in [0.2, 0.25) is 0 Å². The molecule has 1 aliphatic carbocycles. The lowest BCUT2D eigenvalue weighted by atomic mass is 10.1. The van der Waals surface area contributed by atoms with E-state index in [1.807, 2.05) is 18.2 Å². The molecule has 0 N–H and O–H groups in total. The number of halogens is 1. The highest BCUT2D eigenvalue weighted by Crippen LogP contribution is 2.26. The zero-order valence-corrected chi connectivity index (χ0v) is 11.7. The van der Waals surface area contributed by atoms with Gasteiger partial charge in [0.25, 0.3) is 0 Å². The van der Waals surface area contributed by atoms with Gasteiger partial charge in [0.05, 0.1) is 12.1 Å². The lowest BCUT2D eigenvalue weighted by molar-refractivity contribution is 0.0888. The van der Waals surface area contributed by atoms with Crippen molar-refractivity contribution < 1.29 is 4.74 Å². The van der Waals surface area contributed by atoms with Crippen molar-refractivity contribution in [3.8, 4) is 0 Å². The van der Waals surface area contributed by atoms with Crippen LogP contribution in [0.4, 0.5) is 0 Å². The van der Waals surface area contributed by atoms with E-state index in [2.05, 4.69) is 17.1 Å². The van der Waals surface area contributed by atoms with Crippen LogP contribution < -0.4 is 0 Å². The third kappa shape index (κ3) is 3.07. The summed E-state index contributed by atoms with van der Waals surface area (Å²) in [6.45, 7) is 1.41. The molecule has 1 aromatic carbocycles.